The number of hydrogen-bond donors (Lipinski definition) is 1. The van der Waals surface area contributed by atoms with Gasteiger partial charge in [-0.3, -0.25) is 4.79 Å². The maximum Gasteiger partial charge on any atom is 0.416 e. The van der Waals surface area contributed by atoms with E-state index in [1.165, 1.54) is 26.4 Å². The fourth-order valence-electron chi connectivity index (χ4n) is 2.64. The molecule has 1 atom stereocenters. The fraction of sp³-hybridized carbons (Fsp3) is 0.350. The van der Waals surface area contributed by atoms with Gasteiger partial charge in [0.1, 0.15) is 5.75 Å². The van der Waals surface area contributed by atoms with Gasteiger partial charge in [-0.15, -0.1) is 0 Å². The van der Waals surface area contributed by atoms with Gasteiger partial charge in [-0.25, -0.2) is 0 Å². The second kappa shape index (κ2) is 9.34. The van der Waals surface area contributed by atoms with Gasteiger partial charge in [0, 0.05) is 0 Å². The van der Waals surface area contributed by atoms with Crippen LogP contribution < -0.4 is 19.5 Å². The molecule has 0 saturated heterocycles. The van der Waals surface area contributed by atoms with Crippen molar-refractivity contribution in [3.05, 3.63) is 53.6 Å². The molecule has 8 heteroatoms. The van der Waals surface area contributed by atoms with Gasteiger partial charge in [0.15, 0.2) is 18.1 Å². The maximum absolute atomic E-state index is 12.7. The summed E-state index contributed by atoms with van der Waals surface area (Å²) in [6.07, 6.45) is -3.87. The minimum absolute atomic E-state index is 0.0239. The van der Waals surface area contributed by atoms with Crippen molar-refractivity contribution < 1.29 is 32.2 Å². The molecular weight excluding hydrogens is 375 g/mol. The number of halogens is 3. The number of nitrogens with one attached hydrogen (secondary N) is 1. The second-order valence-corrected chi connectivity index (χ2v) is 5.96. The van der Waals surface area contributed by atoms with Crippen LogP contribution in [0.25, 0.3) is 0 Å². The highest BCUT2D eigenvalue weighted by Crippen LogP contribution is 2.32. The fourth-order valence-corrected chi connectivity index (χ4v) is 2.64. The molecule has 0 aliphatic heterocycles. The van der Waals surface area contributed by atoms with Crippen LogP contribution in [0.3, 0.4) is 0 Å². The molecule has 0 saturated carbocycles. The number of carbonyl (C=O) groups excluding carboxylic acids is 1. The Morgan fingerprint density at radius 1 is 1.07 bits per heavy atom. The van der Waals surface area contributed by atoms with Crippen LogP contribution in [0.2, 0.25) is 0 Å². The Labute approximate surface area is 161 Å². The standard InChI is InChI=1S/C20H22F3NO4/c1-4-16(13-8-9-17(26-2)18(10-13)27-3)24-19(25)12-28-15-7-5-6-14(11-15)20(21,22)23/h5-11,16H,4,12H2,1-3H3,(H,24,25). The first kappa shape index (κ1) is 21.4. The van der Waals surface area contributed by atoms with Crippen molar-refractivity contribution in [1.82, 2.24) is 5.32 Å². The molecule has 0 heterocycles. The molecule has 152 valence electrons. The summed E-state index contributed by atoms with van der Waals surface area (Å²) in [5.74, 6) is 0.636. The van der Waals surface area contributed by atoms with Crippen LogP contribution in [0.4, 0.5) is 13.2 Å². The Balaban J connectivity index is 2.01. The van der Waals surface area contributed by atoms with Gasteiger partial charge < -0.3 is 19.5 Å². The van der Waals surface area contributed by atoms with Crippen molar-refractivity contribution >= 4 is 5.91 Å². The van der Waals surface area contributed by atoms with E-state index in [0.717, 1.165) is 17.7 Å². The highest BCUT2D eigenvalue weighted by molar-refractivity contribution is 5.78. The largest absolute Gasteiger partial charge is 0.493 e. The van der Waals surface area contributed by atoms with Crippen LogP contribution in [0, 0.1) is 0 Å². The van der Waals surface area contributed by atoms with Crippen molar-refractivity contribution in [2.45, 2.75) is 25.6 Å². The van der Waals surface area contributed by atoms with Crippen molar-refractivity contribution in [3.63, 3.8) is 0 Å². The van der Waals surface area contributed by atoms with Crippen molar-refractivity contribution in [3.8, 4) is 17.2 Å². The minimum Gasteiger partial charge on any atom is -0.493 e. The van der Waals surface area contributed by atoms with Gasteiger partial charge in [0.05, 0.1) is 25.8 Å². The highest BCUT2D eigenvalue weighted by atomic mass is 19.4. The first-order valence-electron chi connectivity index (χ1n) is 8.59. The monoisotopic (exact) mass is 397 g/mol. The van der Waals surface area contributed by atoms with Gasteiger partial charge in [-0.05, 0) is 42.3 Å². The van der Waals surface area contributed by atoms with E-state index in [-0.39, 0.29) is 11.8 Å². The van der Waals surface area contributed by atoms with E-state index < -0.39 is 24.3 Å². The molecule has 0 fully saturated rings. The van der Waals surface area contributed by atoms with Crippen molar-refractivity contribution in [1.29, 1.82) is 0 Å². The zero-order valence-electron chi connectivity index (χ0n) is 15.8. The van der Waals surface area contributed by atoms with Crippen LogP contribution in [0.1, 0.15) is 30.5 Å². The zero-order chi connectivity index (χ0) is 20.7. The maximum atomic E-state index is 12.7. The Morgan fingerprint density at radius 3 is 2.39 bits per heavy atom. The average Bonchev–Trinajstić information content (AvgIpc) is 2.69. The number of rotatable bonds is 8. The number of ether oxygens (including phenoxy) is 3. The molecule has 1 amide bonds. The summed E-state index contributed by atoms with van der Waals surface area (Å²) in [4.78, 5) is 12.2. The molecule has 0 aromatic heterocycles. The summed E-state index contributed by atoms with van der Waals surface area (Å²) in [6, 6.07) is 9.41. The topological polar surface area (TPSA) is 56.8 Å². The van der Waals surface area contributed by atoms with Gasteiger partial charge >= 0.3 is 6.18 Å². The lowest BCUT2D eigenvalue weighted by molar-refractivity contribution is -0.137. The van der Waals surface area contributed by atoms with E-state index >= 15 is 0 Å². The van der Waals surface area contributed by atoms with E-state index in [4.69, 9.17) is 14.2 Å². The first-order chi connectivity index (χ1) is 13.3. The summed E-state index contributed by atoms with van der Waals surface area (Å²) in [7, 11) is 3.05. The first-order valence-corrected chi connectivity index (χ1v) is 8.59. The molecular formula is C20H22F3NO4. The molecule has 1 unspecified atom stereocenters. The third kappa shape index (κ3) is 5.55. The summed E-state index contributed by atoms with van der Waals surface area (Å²) in [6.45, 7) is 1.50. The Hall–Kier alpha value is -2.90. The number of alkyl halides is 3. The molecule has 0 aliphatic rings. The number of carbonyl (C=O) groups is 1. The lowest BCUT2D eigenvalue weighted by Gasteiger charge is -2.19. The third-order valence-corrected chi connectivity index (χ3v) is 4.08. The average molecular weight is 397 g/mol. The molecule has 2 rings (SSSR count). The number of benzene rings is 2. The van der Waals surface area contributed by atoms with Crippen LogP contribution in [-0.2, 0) is 11.0 Å². The van der Waals surface area contributed by atoms with Gasteiger partial charge in [0.25, 0.3) is 5.91 Å². The smallest absolute Gasteiger partial charge is 0.416 e. The lowest BCUT2D eigenvalue weighted by atomic mass is 10.0. The Morgan fingerprint density at radius 2 is 1.79 bits per heavy atom. The molecule has 0 spiro atoms. The third-order valence-electron chi connectivity index (χ3n) is 4.08. The minimum atomic E-state index is -4.47. The van der Waals surface area contributed by atoms with E-state index in [1.807, 2.05) is 13.0 Å². The molecule has 1 N–H and O–H groups in total. The van der Waals surface area contributed by atoms with E-state index in [1.54, 1.807) is 12.1 Å². The molecule has 28 heavy (non-hydrogen) atoms. The summed E-state index contributed by atoms with van der Waals surface area (Å²) in [5.41, 5.74) is -0.0188. The molecule has 0 bridgehead atoms. The molecule has 2 aromatic rings. The molecule has 0 aliphatic carbocycles. The number of amides is 1. The van der Waals surface area contributed by atoms with E-state index in [0.29, 0.717) is 17.9 Å². The van der Waals surface area contributed by atoms with Crippen LogP contribution in [-0.4, -0.2) is 26.7 Å². The van der Waals surface area contributed by atoms with E-state index in [2.05, 4.69) is 5.32 Å². The van der Waals surface area contributed by atoms with Gasteiger partial charge in [-0.2, -0.15) is 13.2 Å². The Kier molecular flexibility index (Phi) is 7.14. The predicted molar refractivity (Wildman–Crippen MR) is 97.7 cm³/mol. The normalized spacial score (nSPS) is 12.2. The lowest BCUT2D eigenvalue weighted by Crippen LogP contribution is -2.32. The number of methoxy groups -OCH3 is 2. The van der Waals surface area contributed by atoms with Crippen LogP contribution in [0.5, 0.6) is 17.2 Å². The van der Waals surface area contributed by atoms with Gasteiger partial charge in [-0.1, -0.05) is 19.1 Å². The van der Waals surface area contributed by atoms with Crippen LogP contribution >= 0.6 is 0 Å². The SMILES string of the molecule is CCC(NC(=O)COc1cccc(C(F)(F)F)c1)c1ccc(OC)c(OC)c1. The summed E-state index contributed by atoms with van der Waals surface area (Å²) < 4.78 is 53.9. The van der Waals surface area contributed by atoms with Crippen LogP contribution in [0.15, 0.2) is 42.5 Å². The molecule has 2 aromatic carbocycles. The Bertz CT molecular complexity index is 808. The molecule has 5 nitrogen and oxygen atoms in total. The summed E-state index contributed by atoms with van der Waals surface area (Å²) >= 11 is 0. The highest BCUT2D eigenvalue weighted by Gasteiger charge is 2.30. The quantitative estimate of drug-likeness (QED) is 0.719. The molecule has 0 radical (unpaired) electrons. The predicted octanol–water partition coefficient (Wildman–Crippen LogP) is 4.37. The number of hydrogen-bond acceptors (Lipinski definition) is 4. The van der Waals surface area contributed by atoms with E-state index in [9.17, 15) is 18.0 Å². The van der Waals surface area contributed by atoms with Gasteiger partial charge in [0.2, 0.25) is 0 Å². The van der Waals surface area contributed by atoms with Crippen molar-refractivity contribution in [2.75, 3.05) is 20.8 Å². The van der Waals surface area contributed by atoms with Crippen molar-refractivity contribution in [2.24, 2.45) is 0 Å². The zero-order valence-corrected chi connectivity index (χ0v) is 15.8. The second-order valence-electron chi connectivity index (χ2n) is 5.96. The summed E-state index contributed by atoms with van der Waals surface area (Å²) in [5, 5.41) is 2.80.